The topological polar surface area (TPSA) is 64.0 Å². The number of ether oxygens (including phenoxy) is 1. The maximum absolute atomic E-state index is 5.79. The molecule has 3 heterocycles. The maximum atomic E-state index is 5.79. The molecule has 0 radical (unpaired) electrons. The number of anilines is 1. The van der Waals surface area contributed by atoms with Crippen LogP contribution in [0.4, 0.5) is 5.82 Å². The summed E-state index contributed by atoms with van der Waals surface area (Å²) in [4.78, 5) is 19.4. The molecule has 2 aromatic heterocycles. The SMILES string of the molecule is Cc1cc(N2CCOC(c3nccc(C)n3)C2)ncn1. The highest BCUT2D eigenvalue weighted by molar-refractivity contribution is 5.39. The molecule has 0 aliphatic carbocycles. The first-order valence-electron chi connectivity index (χ1n) is 6.67. The number of hydrogen-bond donors (Lipinski definition) is 0. The molecule has 104 valence electrons. The van der Waals surface area contributed by atoms with Crippen molar-refractivity contribution in [2.24, 2.45) is 0 Å². The van der Waals surface area contributed by atoms with Gasteiger partial charge in [0.1, 0.15) is 18.2 Å². The fourth-order valence-corrected chi connectivity index (χ4v) is 2.25. The molecule has 0 aromatic carbocycles. The number of rotatable bonds is 2. The third-order valence-electron chi connectivity index (χ3n) is 3.28. The van der Waals surface area contributed by atoms with Gasteiger partial charge in [0.2, 0.25) is 0 Å². The Kier molecular flexibility index (Phi) is 3.56. The average molecular weight is 271 g/mol. The van der Waals surface area contributed by atoms with E-state index in [1.165, 1.54) is 0 Å². The van der Waals surface area contributed by atoms with Gasteiger partial charge in [-0.1, -0.05) is 0 Å². The third kappa shape index (κ3) is 2.75. The van der Waals surface area contributed by atoms with Gasteiger partial charge in [0.05, 0.1) is 13.2 Å². The molecule has 1 saturated heterocycles. The van der Waals surface area contributed by atoms with Crippen LogP contribution in [0.1, 0.15) is 23.3 Å². The molecule has 0 amide bonds. The molecule has 1 aliphatic rings. The maximum Gasteiger partial charge on any atom is 0.159 e. The second-order valence-corrected chi connectivity index (χ2v) is 4.88. The van der Waals surface area contributed by atoms with E-state index in [1.807, 2.05) is 26.0 Å². The number of morpholine rings is 1. The molecule has 0 bridgehead atoms. The predicted octanol–water partition coefficient (Wildman–Crippen LogP) is 1.46. The minimum Gasteiger partial charge on any atom is -0.367 e. The summed E-state index contributed by atoms with van der Waals surface area (Å²) >= 11 is 0. The van der Waals surface area contributed by atoms with Crippen molar-refractivity contribution in [2.75, 3.05) is 24.6 Å². The summed E-state index contributed by atoms with van der Waals surface area (Å²) in [5.74, 6) is 1.67. The first-order chi connectivity index (χ1) is 9.72. The van der Waals surface area contributed by atoms with Crippen LogP contribution in [0.3, 0.4) is 0 Å². The standard InChI is InChI=1S/C14H17N5O/c1-10-3-4-15-14(18-10)12-8-19(5-6-20-12)13-7-11(2)16-9-17-13/h3-4,7,9,12H,5-6,8H2,1-2H3. The van der Waals surface area contributed by atoms with E-state index in [0.717, 1.165) is 29.6 Å². The van der Waals surface area contributed by atoms with E-state index in [4.69, 9.17) is 4.74 Å². The highest BCUT2D eigenvalue weighted by atomic mass is 16.5. The van der Waals surface area contributed by atoms with Crippen LogP contribution in [0.5, 0.6) is 0 Å². The Morgan fingerprint density at radius 3 is 2.90 bits per heavy atom. The van der Waals surface area contributed by atoms with E-state index >= 15 is 0 Å². The summed E-state index contributed by atoms with van der Waals surface area (Å²) < 4.78 is 5.79. The average Bonchev–Trinajstić information content (AvgIpc) is 2.47. The first-order valence-corrected chi connectivity index (χ1v) is 6.67. The van der Waals surface area contributed by atoms with Crippen LogP contribution >= 0.6 is 0 Å². The molecule has 1 aliphatic heterocycles. The Morgan fingerprint density at radius 1 is 1.20 bits per heavy atom. The van der Waals surface area contributed by atoms with E-state index in [-0.39, 0.29) is 6.10 Å². The minimum atomic E-state index is -0.112. The lowest BCUT2D eigenvalue weighted by Crippen LogP contribution is -2.39. The van der Waals surface area contributed by atoms with Crippen molar-refractivity contribution in [3.8, 4) is 0 Å². The van der Waals surface area contributed by atoms with Gasteiger partial charge < -0.3 is 9.64 Å². The molecular weight excluding hydrogens is 254 g/mol. The molecule has 0 spiro atoms. The summed E-state index contributed by atoms with van der Waals surface area (Å²) in [5, 5.41) is 0. The summed E-state index contributed by atoms with van der Waals surface area (Å²) in [6, 6.07) is 3.87. The molecule has 6 heteroatoms. The zero-order valence-corrected chi connectivity index (χ0v) is 11.7. The Hall–Kier alpha value is -2.08. The van der Waals surface area contributed by atoms with E-state index in [9.17, 15) is 0 Å². The Bertz CT molecular complexity index is 552. The quantitative estimate of drug-likeness (QED) is 0.824. The number of aryl methyl sites for hydroxylation is 2. The van der Waals surface area contributed by atoms with Crippen LogP contribution in [0.25, 0.3) is 0 Å². The molecular formula is C14H17N5O. The highest BCUT2D eigenvalue weighted by Crippen LogP contribution is 2.22. The lowest BCUT2D eigenvalue weighted by atomic mass is 10.2. The van der Waals surface area contributed by atoms with E-state index in [1.54, 1.807) is 12.5 Å². The lowest BCUT2D eigenvalue weighted by molar-refractivity contribution is 0.0336. The minimum absolute atomic E-state index is 0.112. The van der Waals surface area contributed by atoms with E-state index in [2.05, 4.69) is 24.8 Å². The molecule has 20 heavy (non-hydrogen) atoms. The van der Waals surface area contributed by atoms with Crippen LogP contribution in [0, 0.1) is 13.8 Å². The molecule has 0 saturated carbocycles. The highest BCUT2D eigenvalue weighted by Gasteiger charge is 2.25. The smallest absolute Gasteiger partial charge is 0.159 e. The van der Waals surface area contributed by atoms with Crippen molar-refractivity contribution in [1.82, 2.24) is 19.9 Å². The van der Waals surface area contributed by atoms with Crippen molar-refractivity contribution in [3.05, 3.63) is 41.9 Å². The Labute approximate surface area is 117 Å². The van der Waals surface area contributed by atoms with Crippen molar-refractivity contribution in [3.63, 3.8) is 0 Å². The van der Waals surface area contributed by atoms with Crippen molar-refractivity contribution in [2.45, 2.75) is 20.0 Å². The van der Waals surface area contributed by atoms with Gasteiger partial charge >= 0.3 is 0 Å². The third-order valence-corrected chi connectivity index (χ3v) is 3.28. The molecule has 0 N–H and O–H groups in total. The summed E-state index contributed by atoms with van der Waals surface area (Å²) in [6.07, 6.45) is 3.26. The summed E-state index contributed by atoms with van der Waals surface area (Å²) in [7, 11) is 0. The largest absolute Gasteiger partial charge is 0.367 e. The van der Waals surface area contributed by atoms with Gasteiger partial charge in [-0.25, -0.2) is 19.9 Å². The van der Waals surface area contributed by atoms with Gasteiger partial charge in [0, 0.05) is 30.2 Å². The molecule has 1 atom stereocenters. The van der Waals surface area contributed by atoms with Crippen LogP contribution in [-0.4, -0.2) is 39.6 Å². The summed E-state index contributed by atoms with van der Waals surface area (Å²) in [5.41, 5.74) is 1.92. The first kappa shape index (κ1) is 12.9. The predicted molar refractivity (Wildman–Crippen MR) is 74.4 cm³/mol. The monoisotopic (exact) mass is 271 g/mol. The molecule has 6 nitrogen and oxygen atoms in total. The van der Waals surface area contributed by atoms with Gasteiger partial charge in [-0.3, -0.25) is 0 Å². The Balaban J connectivity index is 1.80. The van der Waals surface area contributed by atoms with Gasteiger partial charge in [-0.2, -0.15) is 0 Å². The molecule has 1 unspecified atom stereocenters. The van der Waals surface area contributed by atoms with Crippen LogP contribution < -0.4 is 4.90 Å². The second-order valence-electron chi connectivity index (χ2n) is 4.88. The molecule has 1 fully saturated rings. The van der Waals surface area contributed by atoms with Gasteiger partial charge in [-0.15, -0.1) is 0 Å². The van der Waals surface area contributed by atoms with Crippen LogP contribution in [0.15, 0.2) is 24.7 Å². The van der Waals surface area contributed by atoms with Gasteiger partial charge in [0.25, 0.3) is 0 Å². The number of nitrogens with zero attached hydrogens (tertiary/aromatic N) is 5. The van der Waals surface area contributed by atoms with E-state index < -0.39 is 0 Å². The number of aromatic nitrogens is 4. The fourth-order valence-electron chi connectivity index (χ4n) is 2.25. The molecule has 3 rings (SSSR count). The summed E-state index contributed by atoms with van der Waals surface area (Å²) in [6.45, 7) is 6.09. The normalized spacial score (nSPS) is 19.1. The van der Waals surface area contributed by atoms with E-state index in [0.29, 0.717) is 13.2 Å². The van der Waals surface area contributed by atoms with Crippen molar-refractivity contribution in [1.29, 1.82) is 0 Å². The Morgan fingerprint density at radius 2 is 2.10 bits per heavy atom. The van der Waals surface area contributed by atoms with Gasteiger partial charge in [-0.05, 0) is 19.9 Å². The van der Waals surface area contributed by atoms with Gasteiger partial charge in [0.15, 0.2) is 5.82 Å². The fraction of sp³-hybridized carbons (Fsp3) is 0.429. The van der Waals surface area contributed by atoms with Crippen molar-refractivity contribution >= 4 is 5.82 Å². The lowest BCUT2D eigenvalue weighted by Gasteiger charge is -2.33. The molecule has 2 aromatic rings. The van der Waals surface area contributed by atoms with Crippen molar-refractivity contribution < 1.29 is 4.74 Å². The zero-order chi connectivity index (χ0) is 13.9. The zero-order valence-electron chi connectivity index (χ0n) is 11.7. The van der Waals surface area contributed by atoms with Crippen LogP contribution in [0.2, 0.25) is 0 Å². The second kappa shape index (κ2) is 5.50. The number of hydrogen-bond acceptors (Lipinski definition) is 6. The van der Waals surface area contributed by atoms with Crippen LogP contribution in [-0.2, 0) is 4.74 Å².